The molecule has 0 fully saturated rings. The summed E-state index contributed by atoms with van der Waals surface area (Å²) in [7, 11) is 0. The number of carbonyl (C=O) groups excluding carboxylic acids is 1. The molecule has 0 radical (unpaired) electrons. The van der Waals surface area contributed by atoms with Crippen LogP contribution in [0.1, 0.15) is 61.8 Å². The molecule has 0 spiro atoms. The lowest BCUT2D eigenvalue weighted by Gasteiger charge is -2.18. The summed E-state index contributed by atoms with van der Waals surface area (Å²) in [4.78, 5) is 30.1. The third kappa shape index (κ3) is 6.31. The number of carboxylic acid groups (broad SMARTS) is 1. The summed E-state index contributed by atoms with van der Waals surface area (Å²) in [5.41, 5.74) is 3.11. The number of amides is 1. The molecule has 1 amide bonds. The number of carbonyl (C=O) groups is 2. The van der Waals surface area contributed by atoms with Crippen LogP contribution >= 0.6 is 11.8 Å². The lowest BCUT2D eigenvalue weighted by molar-refractivity contribution is -0.138. The molecule has 2 aromatic carbocycles. The molecule has 35 heavy (non-hydrogen) atoms. The molecule has 0 aliphatic carbocycles. The Kier molecular flexibility index (Phi) is 8.38. The van der Waals surface area contributed by atoms with Crippen molar-refractivity contribution in [1.29, 1.82) is 0 Å². The SMILES string of the molecule is CCCCCn1c(-c2ccc(SC(C)(C)C(=O)O)cc2)nc(C(=O)Nc2ccc(F)cc2C)c1C. The van der Waals surface area contributed by atoms with E-state index in [-0.39, 0.29) is 11.7 Å². The Balaban J connectivity index is 1.93. The molecular weight excluding hydrogens is 465 g/mol. The van der Waals surface area contributed by atoms with Crippen LogP contribution in [-0.4, -0.2) is 31.3 Å². The number of rotatable bonds is 10. The lowest BCUT2D eigenvalue weighted by atomic mass is 10.2. The number of aromatic nitrogens is 2. The highest BCUT2D eigenvalue weighted by molar-refractivity contribution is 8.01. The molecule has 1 heterocycles. The van der Waals surface area contributed by atoms with Gasteiger partial charge < -0.3 is 15.0 Å². The first-order chi connectivity index (χ1) is 16.5. The number of unbranched alkanes of at least 4 members (excludes halogenated alkanes) is 2. The lowest BCUT2D eigenvalue weighted by Crippen LogP contribution is -2.26. The Morgan fingerprint density at radius 1 is 1.11 bits per heavy atom. The van der Waals surface area contributed by atoms with Gasteiger partial charge in [0.2, 0.25) is 0 Å². The van der Waals surface area contributed by atoms with E-state index in [2.05, 4.69) is 16.8 Å². The third-order valence-electron chi connectivity index (χ3n) is 5.86. The average Bonchev–Trinajstić information content (AvgIpc) is 3.12. The maximum absolute atomic E-state index is 13.5. The predicted octanol–water partition coefficient (Wildman–Crippen LogP) is 6.70. The van der Waals surface area contributed by atoms with Gasteiger partial charge in [0, 0.05) is 28.4 Å². The number of benzene rings is 2. The van der Waals surface area contributed by atoms with E-state index >= 15 is 0 Å². The Bertz CT molecular complexity index is 1220. The molecule has 1 aromatic heterocycles. The quantitative estimate of drug-likeness (QED) is 0.240. The number of halogens is 1. The molecule has 2 N–H and O–H groups in total. The number of thioether (sulfide) groups is 1. The molecular formula is C27H32FN3O3S. The molecule has 3 aromatic rings. The Labute approximate surface area is 210 Å². The van der Waals surface area contributed by atoms with Gasteiger partial charge in [0.25, 0.3) is 5.91 Å². The van der Waals surface area contributed by atoms with Crippen molar-refractivity contribution in [2.75, 3.05) is 5.32 Å². The van der Waals surface area contributed by atoms with Gasteiger partial charge in [0.15, 0.2) is 0 Å². The number of aliphatic carboxylic acids is 1. The second-order valence-electron chi connectivity index (χ2n) is 9.08. The first-order valence-corrected chi connectivity index (χ1v) is 12.5. The standard InChI is InChI=1S/C27H32FN3O3S/c1-6-7-8-15-31-18(3)23(25(32)29-22-14-11-20(28)16-17(22)2)30-24(31)19-9-12-21(13-10-19)35-27(4,5)26(33)34/h9-14,16H,6-8,15H2,1-5H3,(H,29,32)(H,33,34). The van der Waals surface area contributed by atoms with Crippen molar-refractivity contribution in [3.05, 3.63) is 65.2 Å². The van der Waals surface area contributed by atoms with Gasteiger partial charge in [-0.15, -0.1) is 11.8 Å². The minimum absolute atomic E-state index is 0.325. The van der Waals surface area contributed by atoms with Crippen LogP contribution in [0.3, 0.4) is 0 Å². The molecule has 0 aliphatic heterocycles. The van der Waals surface area contributed by atoms with Crippen LogP contribution in [-0.2, 0) is 11.3 Å². The van der Waals surface area contributed by atoms with Gasteiger partial charge >= 0.3 is 5.97 Å². The highest BCUT2D eigenvalue weighted by atomic mass is 32.2. The second kappa shape index (κ2) is 11.1. The van der Waals surface area contributed by atoms with Gasteiger partial charge in [-0.05, 0) is 70.0 Å². The van der Waals surface area contributed by atoms with Gasteiger partial charge in [0.1, 0.15) is 22.1 Å². The van der Waals surface area contributed by atoms with Gasteiger partial charge in [0.05, 0.1) is 0 Å². The molecule has 186 valence electrons. The van der Waals surface area contributed by atoms with Crippen LogP contribution in [0.4, 0.5) is 10.1 Å². The summed E-state index contributed by atoms with van der Waals surface area (Å²) < 4.78 is 14.6. The van der Waals surface area contributed by atoms with Crippen molar-refractivity contribution in [3.63, 3.8) is 0 Å². The third-order valence-corrected chi connectivity index (χ3v) is 7.05. The topological polar surface area (TPSA) is 84.2 Å². The summed E-state index contributed by atoms with van der Waals surface area (Å²) in [6, 6.07) is 11.8. The van der Waals surface area contributed by atoms with Crippen molar-refractivity contribution in [3.8, 4) is 11.4 Å². The van der Waals surface area contributed by atoms with E-state index in [1.54, 1.807) is 26.8 Å². The normalized spacial score (nSPS) is 11.5. The van der Waals surface area contributed by atoms with Crippen molar-refractivity contribution < 1.29 is 19.1 Å². The second-order valence-corrected chi connectivity index (χ2v) is 10.8. The zero-order valence-corrected chi connectivity index (χ0v) is 21.6. The average molecular weight is 498 g/mol. The summed E-state index contributed by atoms with van der Waals surface area (Å²) in [6.45, 7) is 9.84. The minimum Gasteiger partial charge on any atom is -0.480 e. The minimum atomic E-state index is -0.944. The highest BCUT2D eigenvalue weighted by Crippen LogP contribution is 2.34. The number of imidazole rings is 1. The fourth-order valence-electron chi connectivity index (χ4n) is 3.72. The zero-order chi connectivity index (χ0) is 25.8. The van der Waals surface area contributed by atoms with Crippen molar-refractivity contribution in [2.45, 2.75) is 70.1 Å². The zero-order valence-electron chi connectivity index (χ0n) is 20.8. The largest absolute Gasteiger partial charge is 0.480 e. The summed E-state index contributed by atoms with van der Waals surface area (Å²) >= 11 is 1.28. The van der Waals surface area contributed by atoms with E-state index in [1.807, 2.05) is 31.2 Å². The summed E-state index contributed by atoms with van der Waals surface area (Å²) in [5.74, 6) is -0.884. The van der Waals surface area contributed by atoms with Gasteiger partial charge in [-0.25, -0.2) is 9.37 Å². The smallest absolute Gasteiger partial charge is 0.319 e. The Morgan fingerprint density at radius 3 is 2.40 bits per heavy atom. The fraction of sp³-hybridized carbons (Fsp3) is 0.370. The monoisotopic (exact) mass is 497 g/mol. The van der Waals surface area contributed by atoms with E-state index < -0.39 is 10.7 Å². The molecule has 0 saturated heterocycles. The molecule has 3 rings (SSSR count). The van der Waals surface area contributed by atoms with Crippen molar-refractivity contribution in [2.24, 2.45) is 0 Å². The van der Waals surface area contributed by atoms with Crippen LogP contribution in [0.5, 0.6) is 0 Å². The molecule has 0 aliphatic rings. The summed E-state index contributed by atoms with van der Waals surface area (Å²) in [5, 5.41) is 12.3. The number of hydrogen-bond donors (Lipinski definition) is 2. The first kappa shape index (κ1) is 26.5. The number of carboxylic acids is 1. The molecule has 6 nitrogen and oxygen atoms in total. The van der Waals surface area contributed by atoms with Crippen LogP contribution in [0.15, 0.2) is 47.4 Å². The number of nitrogens with zero attached hydrogens (tertiary/aromatic N) is 2. The first-order valence-electron chi connectivity index (χ1n) is 11.7. The molecule has 0 unspecified atom stereocenters. The highest BCUT2D eigenvalue weighted by Gasteiger charge is 2.28. The van der Waals surface area contributed by atoms with Crippen molar-refractivity contribution >= 4 is 29.3 Å². The maximum Gasteiger partial charge on any atom is 0.319 e. The van der Waals surface area contributed by atoms with Crippen LogP contribution in [0.25, 0.3) is 11.4 Å². The van der Waals surface area contributed by atoms with Crippen molar-refractivity contribution in [1.82, 2.24) is 9.55 Å². The summed E-state index contributed by atoms with van der Waals surface area (Å²) in [6.07, 6.45) is 3.10. The number of hydrogen-bond acceptors (Lipinski definition) is 4. The van der Waals surface area contributed by atoms with Gasteiger partial charge in [-0.2, -0.15) is 0 Å². The Hall–Kier alpha value is -3.13. The Morgan fingerprint density at radius 2 is 1.80 bits per heavy atom. The molecule has 0 bridgehead atoms. The van der Waals surface area contributed by atoms with Crippen LogP contribution < -0.4 is 5.32 Å². The van der Waals surface area contributed by atoms with E-state index in [1.165, 1.54) is 23.9 Å². The number of anilines is 1. The maximum atomic E-state index is 13.5. The fourth-order valence-corrected chi connectivity index (χ4v) is 4.67. The number of nitrogens with one attached hydrogen (secondary N) is 1. The number of aryl methyl sites for hydroxylation is 1. The van der Waals surface area contributed by atoms with Crippen LogP contribution in [0, 0.1) is 19.7 Å². The van der Waals surface area contributed by atoms with E-state index in [0.717, 1.165) is 42.0 Å². The predicted molar refractivity (Wildman–Crippen MR) is 139 cm³/mol. The van der Waals surface area contributed by atoms with E-state index in [9.17, 15) is 19.1 Å². The van der Waals surface area contributed by atoms with Gasteiger partial charge in [-0.1, -0.05) is 31.9 Å². The molecule has 0 atom stereocenters. The van der Waals surface area contributed by atoms with Crippen LogP contribution in [0.2, 0.25) is 0 Å². The van der Waals surface area contributed by atoms with Gasteiger partial charge in [-0.3, -0.25) is 9.59 Å². The molecule has 8 heteroatoms. The molecule has 0 saturated carbocycles. The van der Waals surface area contributed by atoms with E-state index in [0.29, 0.717) is 22.8 Å². The van der Waals surface area contributed by atoms with E-state index in [4.69, 9.17) is 4.98 Å².